The van der Waals surface area contributed by atoms with Crippen molar-refractivity contribution >= 4 is 17.6 Å². The van der Waals surface area contributed by atoms with Gasteiger partial charge in [-0.25, -0.2) is 4.79 Å². The Hall–Kier alpha value is -2.28. The van der Waals surface area contributed by atoms with Gasteiger partial charge in [0.05, 0.1) is 12.1 Å². The van der Waals surface area contributed by atoms with E-state index in [9.17, 15) is 9.59 Å². The lowest BCUT2D eigenvalue weighted by Crippen LogP contribution is -2.63. The van der Waals surface area contributed by atoms with Gasteiger partial charge in [0, 0.05) is 50.9 Å². The molecule has 4 heterocycles. The number of rotatable bonds is 2. The van der Waals surface area contributed by atoms with Crippen molar-refractivity contribution in [3.05, 3.63) is 29.8 Å². The number of morpholine rings is 1. The number of carbonyl (C=O) groups is 2. The van der Waals surface area contributed by atoms with E-state index < -0.39 is 0 Å². The molecule has 0 spiro atoms. The molecule has 0 radical (unpaired) electrons. The van der Waals surface area contributed by atoms with Gasteiger partial charge in [-0.3, -0.25) is 4.79 Å². The Balaban J connectivity index is 1.03. The highest BCUT2D eigenvalue weighted by atomic mass is 16.5. The van der Waals surface area contributed by atoms with E-state index in [2.05, 4.69) is 34.5 Å². The van der Waals surface area contributed by atoms with Crippen molar-refractivity contribution in [3.8, 4) is 0 Å². The summed E-state index contributed by atoms with van der Waals surface area (Å²) in [7, 11) is 0. The van der Waals surface area contributed by atoms with Gasteiger partial charge in [0.1, 0.15) is 6.61 Å². The molecule has 2 unspecified atom stereocenters. The number of hydrogen-bond donors (Lipinski definition) is 1. The van der Waals surface area contributed by atoms with Crippen LogP contribution in [0.25, 0.3) is 0 Å². The molecule has 4 aliphatic heterocycles. The number of benzene rings is 1. The first-order valence-electron chi connectivity index (χ1n) is 10.9. The molecule has 154 valence electrons. The molecule has 1 aromatic rings. The highest BCUT2D eigenvalue weighted by Crippen LogP contribution is 2.46. The molecule has 7 heteroatoms. The van der Waals surface area contributed by atoms with E-state index in [0.29, 0.717) is 19.0 Å². The van der Waals surface area contributed by atoms with Crippen LogP contribution in [0.2, 0.25) is 0 Å². The maximum Gasteiger partial charge on any atom is 0.320 e. The monoisotopic (exact) mass is 396 g/mol. The zero-order chi connectivity index (χ0) is 19.5. The van der Waals surface area contributed by atoms with Crippen LogP contribution >= 0.6 is 0 Å². The molecule has 4 atom stereocenters. The number of carbonyl (C=O) groups excluding carboxylic acids is 2. The summed E-state index contributed by atoms with van der Waals surface area (Å²) in [5.41, 5.74) is 2.67. The SMILES string of the molecule is O=C1CO[C@H]2CCN(C(=O)N3CC(c4ccc(N5CC6CC6C5)cc4)C3)C[C@H]2N1. The van der Waals surface area contributed by atoms with E-state index >= 15 is 0 Å². The van der Waals surface area contributed by atoms with Gasteiger partial charge >= 0.3 is 6.03 Å². The van der Waals surface area contributed by atoms with Gasteiger partial charge in [-0.05, 0) is 42.4 Å². The largest absolute Gasteiger partial charge is 0.371 e. The fraction of sp³-hybridized carbons (Fsp3) is 0.636. The smallest absolute Gasteiger partial charge is 0.320 e. The van der Waals surface area contributed by atoms with Crippen molar-refractivity contribution in [3.63, 3.8) is 0 Å². The lowest BCUT2D eigenvalue weighted by Gasteiger charge is -2.46. The molecule has 0 bridgehead atoms. The topological polar surface area (TPSA) is 65.1 Å². The highest BCUT2D eigenvalue weighted by molar-refractivity contribution is 5.79. The fourth-order valence-corrected chi connectivity index (χ4v) is 5.49. The van der Waals surface area contributed by atoms with Crippen molar-refractivity contribution < 1.29 is 14.3 Å². The van der Waals surface area contributed by atoms with Crippen molar-refractivity contribution in [2.24, 2.45) is 11.8 Å². The first kappa shape index (κ1) is 17.6. The molecule has 1 N–H and O–H groups in total. The summed E-state index contributed by atoms with van der Waals surface area (Å²) in [6.07, 6.45) is 2.26. The van der Waals surface area contributed by atoms with Crippen LogP contribution < -0.4 is 10.2 Å². The molecular formula is C22H28N4O3. The number of urea groups is 1. The number of fused-ring (bicyclic) bond motifs is 2. The zero-order valence-corrected chi connectivity index (χ0v) is 16.6. The number of anilines is 1. The van der Waals surface area contributed by atoms with Crippen molar-refractivity contribution in [1.29, 1.82) is 0 Å². The van der Waals surface area contributed by atoms with Crippen LogP contribution in [0.1, 0.15) is 24.3 Å². The summed E-state index contributed by atoms with van der Waals surface area (Å²) in [5.74, 6) is 2.23. The highest BCUT2D eigenvalue weighted by Gasteiger charge is 2.45. The molecule has 7 nitrogen and oxygen atoms in total. The molecule has 6 rings (SSSR count). The van der Waals surface area contributed by atoms with Crippen LogP contribution in [0.5, 0.6) is 0 Å². The number of nitrogens with one attached hydrogen (secondary N) is 1. The van der Waals surface area contributed by atoms with Crippen LogP contribution in [-0.4, -0.2) is 79.8 Å². The number of amides is 3. The van der Waals surface area contributed by atoms with E-state index in [0.717, 1.165) is 31.3 Å². The second-order valence-corrected chi connectivity index (χ2v) is 9.40. The third kappa shape index (κ3) is 3.16. The van der Waals surface area contributed by atoms with Crippen LogP contribution in [-0.2, 0) is 9.53 Å². The zero-order valence-electron chi connectivity index (χ0n) is 16.6. The minimum atomic E-state index is -0.0843. The third-order valence-electron chi connectivity index (χ3n) is 7.46. The van der Waals surface area contributed by atoms with Gasteiger partial charge in [-0.2, -0.15) is 0 Å². The molecule has 3 amide bonds. The number of piperidine rings is 2. The van der Waals surface area contributed by atoms with E-state index in [4.69, 9.17) is 4.74 Å². The fourth-order valence-electron chi connectivity index (χ4n) is 5.49. The molecule has 1 aliphatic carbocycles. The van der Waals surface area contributed by atoms with Gasteiger partial charge < -0.3 is 24.8 Å². The lowest BCUT2D eigenvalue weighted by molar-refractivity contribution is -0.139. The van der Waals surface area contributed by atoms with E-state index in [1.54, 1.807) is 0 Å². The van der Waals surface area contributed by atoms with Crippen LogP contribution in [0.3, 0.4) is 0 Å². The van der Waals surface area contributed by atoms with Crippen LogP contribution in [0.15, 0.2) is 24.3 Å². The number of likely N-dealkylation sites (tertiary alicyclic amines) is 2. The van der Waals surface area contributed by atoms with Crippen molar-refractivity contribution in [2.45, 2.75) is 30.9 Å². The Bertz CT molecular complexity index is 812. The molecular weight excluding hydrogens is 368 g/mol. The number of nitrogens with zero attached hydrogens (tertiary/aromatic N) is 3. The predicted molar refractivity (Wildman–Crippen MR) is 108 cm³/mol. The number of hydrogen-bond acceptors (Lipinski definition) is 4. The third-order valence-corrected chi connectivity index (χ3v) is 7.46. The summed E-state index contributed by atoms with van der Waals surface area (Å²) < 4.78 is 5.59. The Labute approximate surface area is 171 Å². The first-order chi connectivity index (χ1) is 14.1. The summed E-state index contributed by atoms with van der Waals surface area (Å²) in [4.78, 5) is 30.7. The van der Waals surface area contributed by atoms with E-state index in [1.807, 2.05) is 9.80 Å². The molecule has 1 saturated carbocycles. The van der Waals surface area contributed by atoms with Gasteiger partial charge in [0.25, 0.3) is 0 Å². The quantitative estimate of drug-likeness (QED) is 0.817. The molecule has 0 aromatic heterocycles. The average Bonchev–Trinajstić information content (AvgIpc) is 3.31. The minimum absolute atomic E-state index is 0.0425. The second-order valence-electron chi connectivity index (χ2n) is 9.40. The van der Waals surface area contributed by atoms with Crippen molar-refractivity contribution in [2.75, 3.05) is 50.8 Å². The molecule has 5 aliphatic rings. The molecule has 29 heavy (non-hydrogen) atoms. The molecule has 4 saturated heterocycles. The van der Waals surface area contributed by atoms with Crippen LogP contribution in [0.4, 0.5) is 10.5 Å². The second kappa shape index (κ2) is 6.62. The predicted octanol–water partition coefficient (Wildman–Crippen LogP) is 1.25. The van der Waals surface area contributed by atoms with E-state index in [1.165, 1.54) is 30.8 Å². The minimum Gasteiger partial charge on any atom is -0.371 e. The summed E-state index contributed by atoms with van der Waals surface area (Å²) >= 11 is 0. The lowest BCUT2D eigenvalue weighted by atomic mass is 9.91. The van der Waals surface area contributed by atoms with Gasteiger partial charge in [-0.1, -0.05) is 12.1 Å². The van der Waals surface area contributed by atoms with Gasteiger partial charge in [0.2, 0.25) is 5.91 Å². The Morgan fingerprint density at radius 1 is 1.00 bits per heavy atom. The Kier molecular flexibility index (Phi) is 4.01. The average molecular weight is 396 g/mol. The molecule has 5 fully saturated rings. The molecule has 1 aromatic carbocycles. The Morgan fingerprint density at radius 3 is 2.52 bits per heavy atom. The van der Waals surface area contributed by atoms with Crippen LogP contribution in [0, 0.1) is 11.8 Å². The summed E-state index contributed by atoms with van der Waals surface area (Å²) in [6, 6.07) is 9.00. The first-order valence-corrected chi connectivity index (χ1v) is 10.9. The standard InChI is InChI=1S/C22H28N4O3/c27-21-13-29-20-5-6-24(12-19(20)23-21)22(28)26-10-17(11-26)14-1-3-18(4-2-14)25-8-15-7-16(15)9-25/h1-4,15-17,19-20H,5-13H2,(H,23,27)/t15?,16?,19-,20+/m1/s1. The Morgan fingerprint density at radius 2 is 1.76 bits per heavy atom. The van der Waals surface area contributed by atoms with Crippen molar-refractivity contribution in [1.82, 2.24) is 15.1 Å². The maximum atomic E-state index is 12.9. The normalized spacial score (nSPS) is 33.7. The van der Waals surface area contributed by atoms with Gasteiger partial charge in [-0.15, -0.1) is 0 Å². The van der Waals surface area contributed by atoms with E-state index in [-0.39, 0.29) is 30.7 Å². The summed E-state index contributed by atoms with van der Waals surface area (Å²) in [6.45, 7) is 5.38. The number of ether oxygens (including phenoxy) is 1. The summed E-state index contributed by atoms with van der Waals surface area (Å²) in [5, 5.41) is 2.97. The maximum absolute atomic E-state index is 12.9. The van der Waals surface area contributed by atoms with Gasteiger partial charge in [0.15, 0.2) is 0 Å².